The van der Waals surface area contributed by atoms with E-state index in [0.717, 1.165) is 12.3 Å². The number of carbonyl (C=O) groups is 2. The smallest absolute Gasteiger partial charge is 0.367 e. The first-order valence-corrected chi connectivity index (χ1v) is 12.5. The molecular formula is C28H29F4N5O3. The first kappa shape index (κ1) is 28.8. The Hall–Kier alpha value is -4.19. The first-order chi connectivity index (χ1) is 18.8. The number of piperazine rings is 1. The molecule has 1 aromatic heterocycles. The van der Waals surface area contributed by atoms with Crippen molar-refractivity contribution in [2.75, 3.05) is 37.4 Å². The van der Waals surface area contributed by atoms with Crippen LogP contribution in [0, 0.1) is 5.82 Å². The number of nitrogens with one attached hydrogen (secondary N) is 3. The van der Waals surface area contributed by atoms with Gasteiger partial charge in [0.1, 0.15) is 5.82 Å². The van der Waals surface area contributed by atoms with E-state index in [1.54, 1.807) is 12.1 Å². The highest BCUT2D eigenvalue weighted by atomic mass is 19.4. The van der Waals surface area contributed by atoms with Gasteiger partial charge in [0.2, 0.25) is 5.56 Å². The van der Waals surface area contributed by atoms with Crippen LogP contribution in [-0.4, -0.2) is 61.0 Å². The zero-order valence-electron chi connectivity index (χ0n) is 22.3. The summed E-state index contributed by atoms with van der Waals surface area (Å²) in [5.41, 5.74) is -1.82. The predicted molar refractivity (Wildman–Crippen MR) is 144 cm³/mol. The molecule has 12 heteroatoms. The summed E-state index contributed by atoms with van der Waals surface area (Å²) in [5.74, 6) is -2.24. The van der Waals surface area contributed by atoms with Gasteiger partial charge in [-0.2, -0.15) is 13.2 Å². The van der Waals surface area contributed by atoms with E-state index in [1.807, 2.05) is 25.8 Å². The van der Waals surface area contributed by atoms with Gasteiger partial charge < -0.3 is 20.5 Å². The highest BCUT2D eigenvalue weighted by Gasteiger charge is 2.36. The number of rotatable bonds is 5. The standard InChI is InChI=1S/C28H29F4N5O3/c1-15-13-37(14-16(2)36(15)4)24-8-6-17(19-7-5-18(9-22(19)29)26(39)33-3)10-23(24)35-27(40)20-12-34-25(38)11-21(20)28(30,31)32/h5-12,15-16H,13-14H2,1-4H3,(H,33,39)(H,34,38)(H,35,40)/t15-,16+. The van der Waals surface area contributed by atoms with E-state index in [9.17, 15) is 27.6 Å². The quantitative estimate of drug-likeness (QED) is 0.404. The topological polar surface area (TPSA) is 97.5 Å². The van der Waals surface area contributed by atoms with Gasteiger partial charge in [0.05, 0.1) is 22.5 Å². The van der Waals surface area contributed by atoms with Gasteiger partial charge in [-0.05, 0) is 50.7 Å². The predicted octanol–water partition coefficient (Wildman–Crippen LogP) is 4.34. The van der Waals surface area contributed by atoms with Crippen LogP contribution in [0.2, 0.25) is 0 Å². The summed E-state index contributed by atoms with van der Waals surface area (Å²) in [6.45, 7) is 5.22. The molecular weight excluding hydrogens is 530 g/mol. The van der Waals surface area contributed by atoms with Gasteiger partial charge >= 0.3 is 6.18 Å². The van der Waals surface area contributed by atoms with Gasteiger partial charge in [-0.15, -0.1) is 0 Å². The van der Waals surface area contributed by atoms with Crippen LogP contribution in [0.15, 0.2) is 53.5 Å². The van der Waals surface area contributed by atoms with E-state index in [-0.39, 0.29) is 28.9 Å². The molecule has 0 spiro atoms. The van der Waals surface area contributed by atoms with Gasteiger partial charge in [0.25, 0.3) is 11.8 Å². The van der Waals surface area contributed by atoms with Crippen molar-refractivity contribution in [2.24, 2.45) is 0 Å². The molecule has 3 aromatic rings. The highest BCUT2D eigenvalue weighted by Crippen LogP contribution is 2.36. The molecule has 2 heterocycles. The molecule has 2 aromatic carbocycles. The van der Waals surface area contributed by atoms with Crippen LogP contribution in [0.5, 0.6) is 0 Å². The molecule has 212 valence electrons. The van der Waals surface area contributed by atoms with Crippen LogP contribution in [0.1, 0.15) is 40.1 Å². The summed E-state index contributed by atoms with van der Waals surface area (Å²) in [4.78, 5) is 43.0. The van der Waals surface area contributed by atoms with Gasteiger partial charge in [-0.3, -0.25) is 19.3 Å². The third kappa shape index (κ3) is 5.86. The van der Waals surface area contributed by atoms with Crippen molar-refractivity contribution < 1.29 is 27.2 Å². The van der Waals surface area contributed by atoms with Crippen molar-refractivity contribution in [3.8, 4) is 11.1 Å². The fourth-order valence-corrected chi connectivity index (χ4v) is 4.80. The summed E-state index contributed by atoms with van der Waals surface area (Å²) in [6, 6.07) is 9.37. The molecule has 40 heavy (non-hydrogen) atoms. The molecule has 1 saturated heterocycles. The third-order valence-electron chi connectivity index (χ3n) is 7.19. The molecule has 0 radical (unpaired) electrons. The van der Waals surface area contributed by atoms with Gasteiger partial charge in [-0.25, -0.2) is 4.39 Å². The summed E-state index contributed by atoms with van der Waals surface area (Å²) in [7, 11) is 3.42. The molecule has 0 unspecified atom stereocenters. The number of pyridine rings is 1. The van der Waals surface area contributed by atoms with Crippen LogP contribution in [0.4, 0.5) is 28.9 Å². The third-order valence-corrected chi connectivity index (χ3v) is 7.19. The van der Waals surface area contributed by atoms with Crippen molar-refractivity contribution in [3.05, 3.63) is 81.5 Å². The number of amides is 2. The number of aromatic amines is 1. The lowest BCUT2D eigenvalue weighted by Gasteiger charge is -2.44. The minimum Gasteiger partial charge on any atom is -0.367 e. The van der Waals surface area contributed by atoms with E-state index >= 15 is 4.39 Å². The average molecular weight is 560 g/mol. The Labute approximate surface area is 228 Å². The number of H-pyrrole nitrogens is 1. The second kappa shape index (κ2) is 11.1. The molecule has 1 aliphatic rings. The van der Waals surface area contributed by atoms with Crippen molar-refractivity contribution in [1.29, 1.82) is 0 Å². The minimum atomic E-state index is -4.94. The molecule has 2 amide bonds. The number of benzene rings is 2. The lowest BCUT2D eigenvalue weighted by molar-refractivity contribution is -0.138. The number of aromatic nitrogens is 1. The summed E-state index contributed by atoms with van der Waals surface area (Å²) < 4.78 is 56.0. The lowest BCUT2D eigenvalue weighted by atomic mass is 10.00. The number of nitrogens with zero attached hydrogens (tertiary/aromatic N) is 2. The maximum Gasteiger partial charge on any atom is 0.417 e. The molecule has 0 saturated carbocycles. The second-order valence-electron chi connectivity index (χ2n) is 9.85. The number of hydrogen-bond donors (Lipinski definition) is 3. The number of alkyl halides is 3. The highest BCUT2D eigenvalue weighted by molar-refractivity contribution is 6.07. The van der Waals surface area contributed by atoms with E-state index in [4.69, 9.17) is 0 Å². The average Bonchev–Trinajstić information content (AvgIpc) is 2.90. The van der Waals surface area contributed by atoms with Crippen LogP contribution in [0.3, 0.4) is 0 Å². The molecule has 1 fully saturated rings. The maximum atomic E-state index is 15.1. The van der Waals surface area contributed by atoms with E-state index in [2.05, 4.69) is 20.5 Å². The van der Waals surface area contributed by atoms with Gasteiger partial charge in [0, 0.05) is 55.6 Å². The van der Waals surface area contributed by atoms with Crippen molar-refractivity contribution in [2.45, 2.75) is 32.1 Å². The number of carbonyl (C=O) groups excluding carboxylic acids is 2. The maximum absolute atomic E-state index is 15.1. The fourth-order valence-electron chi connectivity index (χ4n) is 4.80. The van der Waals surface area contributed by atoms with Gasteiger partial charge in [0.15, 0.2) is 0 Å². The Bertz CT molecular complexity index is 1490. The summed E-state index contributed by atoms with van der Waals surface area (Å²) >= 11 is 0. The number of hydrogen-bond acceptors (Lipinski definition) is 5. The van der Waals surface area contributed by atoms with Crippen LogP contribution < -0.4 is 21.1 Å². The zero-order chi connectivity index (χ0) is 29.4. The number of likely N-dealkylation sites (N-methyl/N-ethyl adjacent to an activating group) is 1. The fraction of sp³-hybridized carbons (Fsp3) is 0.321. The summed E-state index contributed by atoms with van der Waals surface area (Å²) in [5, 5.41) is 4.98. The van der Waals surface area contributed by atoms with Crippen molar-refractivity contribution in [1.82, 2.24) is 15.2 Å². The molecule has 4 rings (SSSR count). The van der Waals surface area contributed by atoms with E-state index in [0.29, 0.717) is 30.4 Å². The molecule has 0 aliphatic carbocycles. The van der Waals surface area contributed by atoms with Gasteiger partial charge in [-0.1, -0.05) is 12.1 Å². The molecule has 0 bridgehead atoms. The molecule has 1 aliphatic heterocycles. The monoisotopic (exact) mass is 559 g/mol. The van der Waals surface area contributed by atoms with Crippen molar-refractivity contribution in [3.63, 3.8) is 0 Å². The zero-order valence-corrected chi connectivity index (χ0v) is 22.3. The largest absolute Gasteiger partial charge is 0.417 e. The van der Waals surface area contributed by atoms with E-state index in [1.165, 1.54) is 25.2 Å². The molecule has 8 nitrogen and oxygen atoms in total. The van der Waals surface area contributed by atoms with Crippen LogP contribution in [0.25, 0.3) is 11.1 Å². The van der Waals surface area contributed by atoms with Crippen LogP contribution in [-0.2, 0) is 6.18 Å². The Morgan fingerprint density at radius 1 is 1.00 bits per heavy atom. The SMILES string of the molecule is CNC(=O)c1ccc(-c2ccc(N3C[C@@H](C)N(C)[C@@H](C)C3)c(NC(=O)c3c[nH]c(=O)cc3C(F)(F)F)c2)c(F)c1. The van der Waals surface area contributed by atoms with Crippen LogP contribution >= 0.6 is 0 Å². The Morgan fingerprint density at radius 2 is 1.68 bits per heavy atom. The second-order valence-corrected chi connectivity index (χ2v) is 9.85. The Morgan fingerprint density at radius 3 is 2.27 bits per heavy atom. The lowest BCUT2D eigenvalue weighted by Crippen LogP contribution is -2.55. The Kier molecular flexibility index (Phi) is 8.01. The molecule has 2 atom stereocenters. The van der Waals surface area contributed by atoms with Crippen molar-refractivity contribution >= 4 is 23.2 Å². The number of anilines is 2. The number of halogens is 4. The minimum absolute atomic E-state index is 0.118. The summed E-state index contributed by atoms with van der Waals surface area (Å²) in [6.07, 6.45) is -4.22. The first-order valence-electron chi connectivity index (χ1n) is 12.5. The Balaban J connectivity index is 1.79. The molecule has 3 N–H and O–H groups in total. The normalized spacial score (nSPS) is 17.9. The van der Waals surface area contributed by atoms with E-state index < -0.39 is 40.5 Å².